The van der Waals surface area contributed by atoms with Crippen molar-refractivity contribution < 1.29 is 4.74 Å². The lowest BCUT2D eigenvalue weighted by atomic mass is 9.94. The molecule has 0 spiro atoms. The van der Waals surface area contributed by atoms with Crippen LogP contribution in [0.3, 0.4) is 0 Å². The molecule has 40 heavy (non-hydrogen) atoms. The Morgan fingerprint density at radius 3 is 2.42 bits per heavy atom. The number of rotatable bonds is 8. The van der Waals surface area contributed by atoms with Gasteiger partial charge in [-0.05, 0) is 97.8 Å². The molecule has 2 aliphatic carbocycles. The van der Waals surface area contributed by atoms with Gasteiger partial charge in [-0.15, -0.1) is 0 Å². The van der Waals surface area contributed by atoms with Crippen LogP contribution in [0.1, 0.15) is 122 Å². The number of hydrogen-bond donors (Lipinski definition) is 0. The Balaban J connectivity index is 1.14. The van der Waals surface area contributed by atoms with Crippen LogP contribution in [0.5, 0.6) is 0 Å². The van der Waals surface area contributed by atoms with Gasteiger partial charge >= 0.3 is 0 Å². The molecule has 6 unspecified atom stereocenters. The number of fused-ring (bicyclic) bond motifs is 5. The minimum atomic E-state index is -1.78. The number of benzene rings is 3. The van der Waals surface area contributed by atoms with Crippen molar-refractivity contribution in [1.82, 2.24) is 0 Å². The summed E-state index contributed by atoms with van der Waals surface area (Å²) in [5.74, 6) is 1.34. The van der Waals surface area contributed by atoms with Gasteiger partial charge in [-0.3, -0.25) is 0 Å². The second-order valence-corrected chi connectivity index (χ2v) is 18.9. The first-order valence-electron chi connectivity index (χ1n) is 15.9. The Hall–Kier alpha value is -2.36. The number of anilines is 1. The number of unbranched alkanes of at least 4 members (excludes halogenated alkanes) is 3. The van der Waals surface area contributed by atoms with Gasteiger partial charge in [-0.1, -0.05) is 91.2 Å². The first kappa shape index (κ1) is 26.5. The Morgan fingerprint density at radius 1 is 0.875 bits per heavy atom. The first-order valence-corrected chi connectivity index (χ1v) is 18.5. The smallest absolute Gasteiger partial charge is 0.0994 e. The molecule has 3 aromatic carbocycles. The van der Waals surface area contributed by atoms with E-state index in [0.717, 1.165) is 18.1 Å². The van der Waals surface area contributed by atoms with Gasteiger partial charge in [0.1, 0.15) is 0 Å². The highest BCUT2D eigenvalue weighted by molar-refractivity contribution is 6.97. The van der Waals surface area contributed by atoms with Crippen LogP contribution in [0.25, 0.3) is 0 Å². The lowest BCUT2D eigenvalue weighted by Gasteiger charge is -2.51. The zero-order chi connectivity index (χ0) is 27.8. The number of hydrogen-bond acceptors (Lipinski definition) is 2. The fourth-order valence-corrected chi connectivity index (χ4v) is 15.4. The van der Waals surface area contributed by atoms with E-state index in [1.807, 2.05) is 0 Å². The lowest BCUT2D eigenvalue weighted by molar-refractivity contribution is -0.00475. The molecule has 0 saturated carbocycles. The van der Waals surface area contributed by atoms with E-state index in [-0.39, 0.29) is 5.60 Å². The van der Waals surface area contributed by atoms with Crippen molar-refractivity contribution in [3.63, 3.8) is 0 Å². The van der Waals surface area contributed by atoms with Crippen molar-refractivity contribution in [1.29, 1.82) is 0 Å². The minimum absolute atomic E-state index is 0.0132. The van der Waals surface area contributed by atoms with Crippen molar-refractivity contribution in [3.8, 4) is 0 Å². The molecule has 2 aliphatic heterocycles. The maximum absolute atomic E-state index is 5.94. The van der Waals surface area contributed by atoms with Crippen LogP contribution in [0.2, 0.25) is 6.55 Å². The summed E-state index contributed by atoms with van der Waals surface area (Å²) in [7, 11) is 0.560. The SMILES string of the molecule is Cc1ccc2c(c1)C1C(c3ccccc3C1[Si]1(C)c3cccc4c3C1CC4CCCCCCOC(C)(C)C)N2C. The van der Waals surface area contributed by atoms with Crippen LogP contribution < -0.4 is 10.1 Å². The number of likely N-dealkylation sites (N-methyl/N-ethyl adjacent to an activating group) is 1. The summed E-state index contributed by atoms with van der Waals surface area (Å²) in [4.78, 5) is 2.61. The van der Waals surface area contributed by atoms with Crippen molar-refractivity contribution in [3.05, 3.63) is 94.0 Å². The second-order valence-electron chi connectivity index (χ2n) is 14.5. The van der Waals surface area contributed by atoms with Gasteiger partial charge in [0.15, 0.2) is 0 Å². The molecule has 0 fully saturated rings. The normalized spacial score (nSPS) is 29.1. The van der Waals surface area contributed by atoms with Crippen molar-refractivity contribution in [2.45, 2.75) is 107 Å². The fourth-order valence-electron chi connectivity index (χ4n) is 9.40. The summed E-state index contributed by atoms with van der Waals surface area (Å²) >= 11 is 0. The quantitative estimate of drug-likeness (QED) is 0.206. The van der Waals surface area contributed by atoms with Crippen LogP contribution in [0, 0.1) is 6.92 Å². The van der Waals surface area contributed by atoms with E-state index in [1.165, 1.54) is 49.8 Å². The Labute approximate surface area is 243 Å². The molecule has 3 heteroatoms. The first-order chi connectivity index (χ1) is 19.2. The predicted molar refractivity (Wildman–Crippen MR) is 171 cm³/mol. The molecule has 0 amide bonds. The molecule has 210 valence electrons. The van der Waals surface area contributed by atoms with Gasteiger partial charge in [-0.2, -0.15) is 0 Å². The highest BCUT2D eigenvalue weighted by Crippen LogP contribution is 2.67. The lowest BCUT2D eigenvalue weighted by Crippen LogP contribution is -2.65. The summed E-state index contributed by atoms with van der Waals surface area (Å²) in [6, 6.07) is 24.7. The van der Waals surface area contributed by atoms with E-state index >= 15 is 0 Å². The molecule has 0 radical (unpaired) electrons. The van der Waals surface area contributed by atoms with E-state index in [9.17, 15) is 0 Å². The third-order valence-corrected chi connectivity index (χ3v) is 16.6. The molecule has 3 aromatic rings. The average molecular weight is 550 g/mol. The molecule has 0 bridgehead atoms. The van der Waals surface area contributed by atoms with E-state index in [4.69, 9.17) is 4.74 Å². The predicted octanol–water partition coefficient (Wildman–Crippen LogP) is 8.78. The van der Waals surface area contributed by atoms with Crippen molar-refractivity contribution >= 4 is 18.9 Å². The van der Waals surface area contributed by atoms with Gasteiger partial charge in [-0.25, -0.2) is 0 Å². The molecule has 0 N–H and O–H groups in total. The Kier molecular flexibility index (Phi) is 6.36. The third kappa shape index (κ3) is 3.90. The molecular weight excluding hydrogens is 502 g/mol. The van der Waals surface area contributed by atoms with E-state index < -0.39 is 8.07 Å². The van der Waals surface area contributed by atoms with E-state index in [1.54, 1.807) is 33.0 Å². The molecule has 7 rings (SSSR count). The van der Waals surface area contributed by atoms with E-state index in [0.29, 0.717) is 17.5 Å². The van der Waals surface area contributed by atoms with Gasteiger partial charge < -0.3 is 9.64 Å². The average Bonchev–Trinajstić information content (AvgIpc) is 3.55. The third-order valence-electron chi connectivity index (χ3n) is 11.1. The summed E-state index contributed by atoms with van der Waals surface area (Å²) in [6.45, 7) is 12.4. The Morgan fingerprint density at radius 2 is 1.62 bits per heavy atom. The summed E-state index contributed by atoms with van der Waals surface area (Å²) in [5.41, 5.74) is 12.7. The molecule has 6 atom stereocenters. The van der Waals surface area contributed by atoms with Gasteiger partial charge in [0.2, 0.25) is 0 Å². The largest absolute Gasteiger partial charge is 0.376 e. The highest BCUT2D eigenvalue weighted by atomic mass is 28.3. The zero-order valence-corrected chi connectivity index (χ0v) is 26.5. The molecule has 0 saturated heterocycles. The van der Waals surface area contributed by atoms with Crippen molar-refractivity contribution in [2.75, 3.05) is 18.6 Å². The van der Waals surface area contributed by atoms with Crippen molar-refractivity contribution in [2.24, 2.45) is 0 Å². The molecule has 0 aromatic heterocycles. The summed E-state index contributed by atoms with van der Waals surface area (Å²) in [5, 5.41) is 1.79. The zero-order valence-electron chi connectivity index (χ0n) is 25.5. The van der Waals surface area contributed by atoms with Crippen LogP contribution in [-0.2, 0) is 4.74 Å². The van der Waals surface area contributed by atoms with Crippen LogP contribution >= 0.6 is 0 Å². The summed E-state index contributed by atoms with van der Waals surface area (Å²) < 4.78 is 5.94. The van der Waals surface area contributed by atoms with Gasteiger partial charge in [0.25, 0.3) is 0 Å². The monoisotopic (exact) mass is 549 g/mol. The number of nitrogens with zero attached hydrogens (tertiary/aromatic N) is 1. The second kappa shape index (κ2) is 9.59. The van der Waals surface area contributed by atoms with Gasteiger partial charge in [0.05, 0.1) is 19.7 Å². The van der Waals surface area contributed by atoms with Crippen LogP contribution in [0.15, 0.2) is 60.7 Å². The van der Waals surface area contributed by atoms with Crippen LogP contribution in [0.4, 0.5) is 5.69 Å². The van der Waals surface area contributed by atoms with E-state index in [2.05, 4.69) is 107 Å². The molecular formula is C37H47NOSi. The maximum atomic E-state index is 5.94. The maximum Gasteiger partial charge on any atom is 0.0994 e. The topological polar surface area (TPSA) is 12.5 Å². The molecule has 2 heterocycles. The number of ether oxygens (including phenoxy) is 1. The highest BCUT2D eigenvalue weighted by Gasteiger charge is 2.65. The van der Waals surface area contributed by atoms with Gasteiger partial charge in [0, 0.05) is 25.3 Å². The fraction of sp³-hybridized carbons (Fsp3) is 0.514. The minimum Gasteiger partial charge on any atom is -0.376 e. The molecule has 4 aliphatic rings. The van der Waals surface area contributed by atoms with Crippen LogP contribution in [-0.4, -0.2) is 27.3 Å². The Bertz CT molecular complexity index is 1440. The standard InChI is InChI=1S/C37H47NOSi/c1-24-19-20-30-29(22-24)34-35(38(30)5)27-15-10-11-16-28(27)36(34)40(6)31-18-13-17-26-25(23-32(40)33(26)31)14-9-7-8-12-21-39-37(2,3)4/h10-11,13,15-20,22,25,32,34-36H,7-9,12,14,21,23H2,1-6H3. The summed E-state index contributed by atoms with van der Waals surface area (Å²) in [6.07, 6.45) is 7.92. The molecule has 2 nitrogen and oxygen atoms in total. The number of aryl methyl sites for hydroxylation is 1.